The molecule has 0 aliphatic heterocycles. The van der Waals surface area contributed by atoms with Gasteiger partial charge in [-0.2, -0.15) is 0 Å². The second-order valence-corrected chi connectivity index (χ2v) is 1.89. The van der Waals surface area contributed by atoms with E-state index in [0.717, 1.165) is 12.1 Å². The molecule has 0 spiro atoms. The molecule has 1 aromatic rings. The van der Waals surface area contributed by atoms with Gasteiger partial charge in [-0.1, -0.05) is 0 Å². The molecule has 1 amide bonds. The molecule has 0 saturated heterocycles. The van der Waals surface area contributed by atoms with Gasteiger partial charge in [-0.3, -0.25) is 4.79 Å². The van der Waals surface area contributed by atoms with Gasteiger partial charge in [-0.15, -0.1) is 0 Å². The van der Waals surface area contributed by atoms with E-state index in [-0.39, 0.29) is 0 Å². The summed E-state index contributed by atoms with van der Waals surface area (Å²) in [5.74, 6) is -3.09. The molecule has 2 nitrogen and oxygen atoms in total. The van der Waals surface area contributed by atoms with E-state index in [1.54, 1.807) is 0 Å². The van der Waals surface area contributed by atoms with Crippen molar-refractivity contribution in [3.05, 3.63) is 35.4 Å². The summed E-state index contributed by atoms with van der Waals surface area (Å²) in [6, 6.07) is 3.87. The van der Waals surface area contributed by atoms with Crippen molar-refractivity contribution in [1.82, 2.24) is 0 Å². The molecule has 0 aromatic heterocycles. The summed E-state index contributed by atoms with van der Waals surface area (Å²) in [7, 11) is 0. The second kappa shape index (κ2) is 2.65. The number of rotatable bonds is 1. The fourth-order valence-corrected chi connectivity index (χ4v) is 0.682. The minimum atomic E-state index is -1.12. The molecule has 4 heteroatoms. The summed E-state index contributed by atoms with van der Waals surface area (Å²) in [4.78, 5) is 10.4. The Morgan fingerprint density at radius 1 is 1.36 bits per heavy atom. The number of primary amides is 1. The molecule has 0 unspecified atom stereocenters. The molecular formula is C7H4F2NO. The van der Waals surface area contributed by atoms with Crippen molar-refractivity contribution in [2.75, 3.05) is 0 Å². The fourth-order valence-electron chi connectivity index (χ4n) is 0.682. The summed E-state index contributed by atoms with van der Waals surface area (Å²) in [5.41, 5.74) is 3.96. The number of benzene rings is 1. The van der Waals surface area contributed by atoms with Gasteiger partial charge in [-0.05, 0) is 18.2 Å². The zero-order valence-corrected chi connectivity index (χ0v) is 5.40. The summed E-state index contributed by atoms with van der Waals surface area (Å²) < 4.78 is 25.1. The van der Waals surface area contributed by atoms with Crippen LogP contribution in [-0.2, 0) is 0 Å². The highest BCUT2D eigenvalue weighted by Crippen LogP contribution is 2.09. The molecule has 1 aromatic carbocycles. The maximum absolute atomic E-state index is 12.5. The summed E-state index contributed by atoms with van der Waals surface area (Å²) in [6.07, 6.45) is 0. The van der Waals surface area contributed by atoms with Gasteiger partial charge in [0.05, 0.1) is 0 Å². The molecule has 2 N–H and O–H groups in total. The van der Waals surface area contributed by atoms with Gasteiger partial charge in [-0.25, -0.2) is 8.78 Å². The lowest BCUT2D eigenvalue weighted by Gasteiger charge is -1.97. The van der Waals surface area contributed by atoms with E-state index < -0.39 is 23.1 Å². The molecule has 0 fully saturated rings. The summed E-state index contributed by atoms with van der Waals surface area (Å²) in [5, 5.41) is 0. The van der Waals surface area contributed by atoms with Crippen molar-refractivity contribution in [3.63, 3.8) is 0 Å². The van der Waals surface area contributed by atoms with Gasteiger partial charge in [0.25, 0.3) is 5.91 Å². The molecule has 0 aliphatic rings. The third kappa shape index (κ3) is 1.34. The van der Waals surface area contributed by atoms with Crippen molar-refractivity contribution < 1.29 is 13.6 Å². The third-order valence-corrected chi connectivity index (χ3v) is 1.14. The lowest BCUT2D eigenvalue weighted by molar-refractivity contribution is 0.0992. The van der Waals surface area contributed by atoms with Gasteiger partial charge in [0.2, 0.25) is 0 Å². The van der Waals surface area contributed by atoms with Crippen molar-refractivity contribution >= 4 is 5.91 Å². The van der Waals surface area contributed by atoms with Crippen LogP contribution < -0.4 is 5.73 Å². The standard InChI is InChI=1S/C7H4F2NO/c8-4-2-1-3-5(9)6(4)7(10)11/h2-3H,(H2,10,11). The molecule has 0 heterocycles. The van der Waals surface area contributed by atoms with E-state index in [1.165, 1.54) is 0 Å². The highest BCUT2D eigenvalue weighted by atomic mass is 19.1. The van der Waals surface area contributed by atoms with Gasteiger partial charge < -0.3 is 5.73 Å². The third-order valence-electron chi connectivity index (χ3n) is 1.14. The quantitative estimate of drug-likeness (QED) is 0.643. The number of hydrogen-bond acceptors (Lipinski definition) is 1. The Bertz CT molecular complexity index is 278. The minimum absolute atomic E-state index is 0.719. The first-order chi connectivity index (χ1) is 5.13. The monoisotopic (exact) mass is 156 g/mol. The highest BCUT2D eigenvalue weighted by Gasteiger charge is 2.12. The maximum Gasteiger partial charge on any atom is 0.254 e. The number of carbonyl (C=O) groups is 1. The smallest absolute Gasteiger partial charge is 0.254 e. The van der Waals surface area contributed by atoms with Crippen molar-refractivity contribution in [2.45, 2.75) is 0 Å². The van der Waals surface area contributed by atoms with E-state index in [4.69, 9.17) is 0 Å². The zero-order valence-electron chi connectivity index (χ0n) is 5.40. The van der Waals surface area contributed by atoms with Crippen LogP contribution in [0.25, 0.3) is 0 Å². The van der Waals surface area contributed by atoms with Crippen LogP contribution in [0, 0.1) is 17.7 Å². The molecular weight excluding hydrogens is 152 g/mol. The van der Waals surface area contributed by atoms with Crippen LogP contribution in [0.4, 0.5) is 8.78 Å². The highest BCUT2D eigenvalue weighted by molar-refractivity contribution is 5.93. The van der Waals surface area contributed by atoms with Gasteiger partial charge >= 0.3 is 0 Å². The van der Waals surface area contributed by atoms with Crippen molar-refractivity contribution in [3.8, 4) is 0 Å². The molecule has 0 atom stereocenters. The Kier molecular flexibility index (Phi) is 1.85. The number of carbonyl (C=O) groups excluding carboxylic acids is 1. The number of hydrogen-bond donors (Lipinski definition) is 1. The fraction of sp³-hybridized carbons (Fsp3) is 0. The lowest BCUT2D eigenvalue weighted by atomic mass is 10.2. The van der Waals surface area contributed by atoms with E-state index in [1.807, 2.05) is 0 Å². The van der Waals surface area contributed by atoms with E-state index in [0.29, 0.717) is 0 Å². The largest absolute Gasteiger partial charge is 0.365 e. The number of nitrogens with two attached hydrogens (primary N) is 1. The first kappa shape index (κ1) is 7.65. The Hall–Kier alpha value is -1.45. The Morgan fingerprint density at radius 3 is 2.09 bits per heavy atom. The van der Waals surface area contributed by atoms with Gasteiger partial charge in [0, 0.05) is 0 Å². The molecule has 11 heavy (non-hydrogen) atoms. The first-order valence-electron chi connectivity index (χ1n) is 2.78. The van der Waals surface area contributed by atoms with Crippen LogP contribution in [0.15, 0.2) is 12.1 Å². The van der Waals surface area contributed by atoms with E-state index in [2.05, 4.69) is 11.8 Å². The average Bonchev–Trinajstić information content (AvgIpc) is 1.85. The number of halogens is 2. The number of amides is 1. The molecule has 57 valence electrons. The van der Waals surface area contributed by atoms with Crippen LogP contribution in [-0.4, -0.2) is 5.91 Å². The first-order valence-corrected chi connectivity index (χ1v) is 2.78. The van der Waals surface area contributed by atoms with Crippen LogP contribution in [0.1, 0.15) is 10.4 Å². The Balaban J connectivity index is 3.32. The SMILES string of the molecule is NC(=O)c1c(F)c[c]cc1F. The Labute approximate surface area is 61.6 Å². The predicted molar refractivity (Wildman–Crippen MR) is 33.7 cm³/mol. The molecule has 1 radical (unpaired) electrons. The van der Waals surface area contributed by atoms with Crippen LogP contribution >= 0.6 is 0 Å². The van der Waals surface area contributed by atoms with Crippen LogP contribution in [0.5, 0.6) is 0 Å². The molecule has 0 aliphatic carbocycles. The lowest BCUT2D eigenvalue weighted by Crippen LogP contribution is -2.15. The van der Waals surface area contributed by atoms with Crippen LogP contribution in [0.2, 0.25) is 0 Å². The molecule has 0 saturated carbocycles. The predicted octanol–water partition coefficient (Wildman–Crippen LogP) is 0.864. The Morgan fingerprint density at radius 2 is 1.82 bits per heavy atom. The average molecular weight is 156 g/mol. The van der Waals surface area contributed by atoms with E-state index >= 15 is 0 Å². The second-order valence-electron chi connectivity index (χ2n) is 1.89. The van der Waals surface area contributed by atoms with Crippen LogP contribution in [0.3, 0.4) is 0 Å². The van der Waals surface area contributed by atoms with E-state index in [9.17, 15) is 13.6 Å². The van der Waals surface area contributed by atoms with Gasteiger partial charge in [0.15, 0.2) is 0 Å². The summed E-state index contributed by atoms with van der Waals surface area (Å²) in [6.45, 7) is 0. The van der Waals surface area contributed by atoms with Crippen molar-refractivity contribution in [1.29, 1.82) is 0 Å². The maximum atomic E-state index is 12.5. The van der Waals surface area contributed by atoms with Crippen molar-refractivity contribution in [2.24, 2.45) is 5.73 Å². The normalized spacial score (nSPS) is 9.64. The molecule has 0 bridgehead atoms. The summed E-state index contributed by atoms with van der Waals surface area (Å²) >= 11 is 0. The topological polar surface area (TPSA) is 43.1 Å². The minimum Gasteiger partial charge on any atom is -0.365 e. The zero-order chi connectivity index (χ0) is 8.43. The molecule has 1 rings (SSSR count). The van der Waals surface area contributed by atoms with Gasteiger partial charge in [0.1, 0.15) is 17.2 Å².